The molecule has 0 radical (unpaired) electrons. The van der Waals surface area contributed by atoms with E-state index in [4.69, 9.17) is 4.74 Å². The molecule has 3 rings (SSSR count). The van der Waals surface area contributed by atoms with E-state index in [1.165, 1.54) is 0 Å². The average Bonchev–Trinajstić information content (AvgIpc) is 2.65. The molecule has 1 aliphatic rings. The molecule has 8 heteroatoms. The Bertz CT molecular complexity index is 979. The van der Waals surface area contributed by atoms with E-state index < -0.39 is 34.8 Å². The Kier molecular flexibility index (Phi) is 5.87. The van der Waals surface area contributed by atoms with E-state index >= 15 is 0 Å². The van der Waals surface area contributed by atoms with Gasteiger partial charge < -0.3 is 10.1 Å². The van der Waals surface area contributed by atoms with E-state index in [1.54, 1.807) is 26.8 Å². The predicted octanol–water partition coefficient (Wildman–Crippen LogP) is 5.19. The van der Waals surface area contributed by atoms with Gasteiger partial charge >= 0.3 is 12.1 Å². The van der Waals surface area contributed by atoms with Gasteiger partial charge in [-0.3, -0.25) is 4.79 Å². The van der Waals surface area contributed by atoms with Crippen molar-refractivity contribution in [2.75, 3.05) is 5.32 Å². The summed E-state index contributed by atoms with van der Waals surface area (Å²) in [7, 11) is 0. The highest BCUT2D eigenvalue weighted by Crippen LogP contribution is 2.31. The number of carbonyl (C=O) groups is 2. The molecule has 0 atom stereocenters. The Morgan fingerprint density at radius 2 is 1.70 bits per heavy atom. The normalized spacial score (nSPS) is 14.1. The smallest absolute Gasteiger partial charge is 0.416 e. The van der Waals surface area contributed by atoms with Gasteiger partial charge in [-0.2, -0.15) is 13.2 Å². The van der Waals surface area contributed by atoms with Crippen LogP contribution < -0.4 is 5.32 Å². The van der Waals surface area contributed by atoms with Gasteiger partial charge in [0.15, 0.2) is 0 Å². The molecule has 0 spiro atoms. The monoisotopic (exact) mass is 420 g/mol. The Morgan fingerprint density at radius 3 is 2.37 bits per heavy atom. The number of hydrogen-bond donors (Lipinski definition) is 1. The number of amides is 1. The number of hydrogen-bond acceptors (Lipinski definition) is 4. The van der Waals surface area contributed by atoms with Gasteiger partial charge in [-0.25, -0.2) is 9.78 Å². The molecule has 0 saturated heterocycles. The lowest BCUT2D eigenvalue weighted by Gasteiger charge is -2.21. The van der Waals surface area contributed by atoms with Crippen LogP contribution in [0.2, 0.25) is 0 Å². The number of nitrogens with one attached hydrogen (secondary N) is 1. The van der Waals surface area contributed by atoms with Gasteiger partial charge in [0.2, 0.25) is 0 Å². The molecule has 0 bridgehead atoms. The van der Waals surface area contributed by atoms with E-state index in [9.17, 15) is 22.8 Å². The second kappa shape index (κ2) is 8.08. The van der Waals surface area contributed by atoms with Gasteiger partial charge in [0.25, 0.3) is 5.91 Å². The zero-order valence-corrected chi connectivity index (χ0v) is 17.0. The lowest BCUT2D eigenvalue weighted by molar-refractivity contribution is -0.137. The number of aromatic nitrogens is 1. The second-order valence-corrected chi connectivity index (χ2v) is 8.22. The van der Waals surface area contributed by atoms with Crippen LogP contribution >= 0.6 is 0 Å². The molecule has 30 heavy (non-hydrogen) atoms. The number of benzene rings is 1. The predicted molar refractivity (Wildman–Crippen MR) is 105 cm³/mol. The van der Waals surface area contributed by atoms with Crippen molar-refractivity contribution in [3.63, 3.8) is 0 Å². The molecule has 1 aromatic heterocycles. The number of halogens is 3. The fourth-order valence-electron chi connectivity index (χ4n) is 3.25. The number of anilines is 1. The lowest BCUT2D eigenvalue weighted by atomic mass is 9.96. The van der Waals surface area contributed by atoms with Crippen LogP contribution in [0.3, 0.4) is 0 Å². The van der Waals surface area contributed by atoms with Gasteiger partial charge in [0.1, 0.15) is 11.4 Å². The first-order valence-electron chi connectivity index (χ1n) is 9.69. The van der Waals surface area contributed by atoms with Gasteiger partial charge in [0.05, 0.1) is 16.7 Å². The van der Waals surface area contributed by atoms with Crippen molar-refractivity contribution in [3.8, 4) is 0 Å². The Labute approximate surface area is 172 Å². The standard InChI is InChI=1S/C22H23F3N2O3/c1-21(2,3)30-20(29)15-10-9-14(22(23,24)25)12-16(15)19(28)27-18-11-8-13-6-4-5-7-17(13)26-18/h8-12H,4-7H2,1-3H3,(H,26,27,28). The number of fused-ring (bicyclic) bond motifs is 1. The molecule has 0 aliphatic heterocycles. The summed E-state index contributed by atoms with van der Waals surface area (Å²) in [5, 5.41) is 2.52. The third kappa shape index (κ3) is 5.17. The van der Waals surface area contributed by atoms with E-state index in [1.807, 2.05) is 6.07 Å². The number of pyridine rings is 1. The summed E-state index contributed by atoms with van der Waals surface area (Å²) in [6.07, 6.45) is -0.901. The quantitative estimate of drug-likeness (QED) is 0.694. The van der Waals surface area contributed by atoms with Gasteiger partial charge in [-0.1, -0.05) is 6.07 Å². The number of nitrogens with zero attached hydrogens (tertiary/aromatic N) is 1. The van der Waals surface area contributed by atoms with Crippen LogP contribution in [0.25, 0.3) is 0 Å². The number of carbonyl (C=O) groups excluding carboxylic acids is 2. The number of esters is 1. The van der Waals surface area contributed by atoms with E-state index in [-0.39, 0.29) is 11.4 Å². The highest BCUT2D eigenvalue weighted by molar-refractivity contribution is 6.11. The van der Waals surface area contributed by atoms with Crippen molar-refractivity contribution in [3.05, 3.63) is 58.3 Å². The van der Waals surface area contributed by atoms with Gasteiger partial charge in [-0.15, -0.1) is 0 Å². The van der Waals surface area contributed by atoms with Crippen LogP contribution in [-0.2, 0) is 23.8 Å². The Hall–Kier alpha value is -2.90. The highest BCUT2D eigenvalue weighted by atomic mass is 19.4. The minimum absolute atomic E-state index is 0.230. The van der Waals surface area contributed by atoms with Gasteiger partial charge in [0, 0.05) is 5.69 Å². The lowest BCUT2D eigenvalue weighted by Crippen LogP contribution is -2.26. The minimum Gasteiger partial charge on any atom is -0.456 e. The molecule has 0 fully saturated rings. The molecule has 160 valence electrons. The van der Waals surface area contributed by atoms with Crippen LogP contribution in [0.4, 0.5) is 19.0 Å². The summed E-state index contributed by atoms with van der Waals surface area (Å²) in [5.41, 5.74) is -0.582. The van der Waals surface area contributed by atoms with Crippen LogP contribution in [0.15, 0.2) is 30.3 Å². The third-order valence-electron chi connectivity index (χ3n) is 4.63. The molecule has 1 heterocycles. The summed E-state index contributed by atoms with van der Waals surface area (Å²) in [5.74, 6) is -1.50. The summed E-state index contributed by atoms with van der Waals surface area (Å²) in [6.45, 7) is 4.89. The third-order valence-corrected chi connectivity index (χ3v) is 4.63. The molecular formula is C22H23F3N2O3. The van der Waals surface area contributed by atoms with Crippen molar-refractivity contribution in [1.82, 2.24) is 4.98 Å². The van der Waals surface area contributed by atoms with Gasteiger partial charge in [-0.05, 0) is 76.3 Å². The molecule has 0 unspecified atom stereocenters. The fraction of sp³-hybridized carbons (Fsp3) is 0.409. The van der Waals surface area contributed by atoms with E-state index in [2.05, 4.69) is 10.3 Å². The number of alkyl halides is 3. The number of aryl methyl sites for hydroxylation is 2. The number of ether oxygens (including phenoxy) is 1. The minimum atomic E-state index is -4.66. The van der Waals surface area contributed by atoms with Crippen LogP contribution in [-0.4, -0.2) is 22.5 Å². The summed E-state index contributed by atoms with van der Waals surface area (Å²) >= 11 is 0. The molecule has 1 aromatic carbocycles. The first kappa shape index (κ1) is 21.8. The van der Waals surface area contributed by atoms with Crippen molar-refractivity contribution >= 4 is 17.7 Å². The molecular weight excluding hydrogens is 397 g/mol. The van der Waals surface area contributed by atoms with E-state index in [0.717, 1.165) is 49.1 Å². The van der Waals surface area contributed by atoms with Crippen molar-refractivity contribution in [2.45, 2.75) is 58.2 Å². The fourth-order valence-corrected chi connectivity index (χ4v) is 3.25. The molecule has 2 aromatic rings. The largest absolute Gasteiger partial charge is 0.456 e. The van der Waals surface area contributed by atoms with E-state index in [0.29, 0.717) is 6.07 Å². The van der Waals surface area contributed by atoms with Crippen LogP contribution in [0.1, 0.15) is 71.1 Å². The zero-order valence-electron chi connectivity index (χ0n) is 17.0. The SMILES string of the molecule is CC(C)(C)OC(=O)c1ccc(C(F)(F)F)cc1C(=O)Nc1ccc2c(n1)CCCC2. The first-order valence-corrected chi connectivity index (χ1v) is 9.69. The molecule has 5 nitrogen and oxygen atoms in total. The maximum Gasteiger partial charge on any atom is 0.416 e. The maximum atomic E-state index is 13.2. The Morgan fingerprint density at radius 1 is 1.00 bits per heavy atom. The van der Waals surface area contributed by atoms with Crippen LogP contribution in [0.5, 0.6) is 0 Å². The molecule has 0 saturated carbocycles. The zero-order chi connectivity index (χ0) is 22.1. The molecule has 1 amide bonds. The average molecular weight is 420 g/mol. The first-order chi connectivity index (χ1) is 13.9. The second-order valence-electron chi connectivity index (χ2n) is 8.22. The highest BCUT2D eigenvalue weighted by Gasteiger charge is 2.33. The molecule has 1 N–H and O–H groups in total. The summed E-state index contributed by atoms with van der Waals surface area (Å²) < 4.78 is 44.8. The molecule has 1 aliphatic carbocycles. The van der Waals surface area contributed by atoms with Crippen molar-refractivity contribution in [2.24, 2.45) is 0 Å². The van der Waals surface area contributed by atoms with Crippen LogP contribution in [0, 0.1) is 0 Å². The summed E-state index contributed by atoms with van der Waals surface area (Å²) in [4.78, 5) is 29.7. The van der Waals surface area contributed by atoms with Crippen molar-refractivity contribution < 1.29 is 27.5 Å². The number of rotatable bonds is 3. The Balaban J connectivity index is 1.95. The topological polar surface area (TPSA) is 68.3 Å². The summed E-state index contributed by atoms with van der Waals surface area (Å²) in [6, 6.07) is 5.85. The van der Waals surface area contributed by atoms with Crippen molar-refractivity contribution in [1.29, 1.82) is 0 Å². The maximum absolute atomic E-state index is 13.2.